The second-order valence-electron chi connectivity index (χ2n) is 3.90. The van der Waals surface area contributed by atoms with Crippen molar-refractivity contribution in [1.82, 2.24) is 0 Å². The Morgan fingerprint density at radius 2 is 1.93 bits per heavy atom. The van der Waals surface area contributed by atoms with Gasteiger partial charge in [-0.05, 0) is 36.5 Å². The van der Waals surface area contributed by atoms with Gasteiger partial charge in [0, 0.05) is 4.47 Å². The fourth-order valence-electron chi connectivity index (χ4n) is 1.92. The molecule has 15 heavy (non-hydrogen) atoms. The summed E-state index contributed by atoms with van der Waals surface area (Å²) in [7, 11) is 0. The van der Waals surface area contributed by atoms with Crippen molar-refractivity contribution in [3.63, 3.8) is 0 Å². The second-order valence-corrected chi connectivity index (χ2v) is 4.82. The Balaban J connectivity index is 1.81. The minimum absolute atomic E-state index is 0.248. The van der Waals surface area contributed by atoms with Gasteiger partial charge in [0.2, 0.25) is 0 Å². The Morgan fingerprint density at radius 3 is 2.53 bits per heavy atom. The van der Waals surface area contributed by atoms with Crippen molar-refractivity contribution < 1.29 is 9.13 Å². The van der Waals surface area contributed by atoms with Gasteiger partial charge >= 0.3 is 0 Å². The number of alkyl halides is 1. The molecule has 0 spiro atoms. The minimum Gasteiger partial charge on any atom is -0.375 e. The average molecular weight is 273 g/mol. The second kappa shape index (κ2) is 5.08. The standard InChI is InChI=1S/C12H14BrFO/c13-11-3-1-9(2-4-11)10-7-12(8-10)15-6-5-14/h1-4,10,12H,5-8H2/t10-,12-. The van der Waals surface area contributed by atoms with Crippen LogP contribution in [-0.4, -0.2) is 19.4 Å². The maximum absolute atomic E-state index is 11.8. The summed E-state index contributed by atoms with van der Waals surface area (Å²) in [5.74, 6) is 0.600. The van der Waals surface area contributed by atoms with Crippen LogP contribution in [0.25, 0.3) is 0 Å². The van der Waals surface area contributed by atoms with Crippen LogP contribution in [0.1, 0.15) is 24.3 Å². The van der Waals surface area contributed by atoms with Crippen molar-refractivity contribution in [2.24, 2.45) is 0 Å². The normalized spacial score (nSPS) is 24.9. The highest BCUT2D eigenvalue weighted by Crippen LogP contribution is 2.38. The highest BCUT2D eigenvalue weighted by Gasteiger charge is 2.30. The van der Waals surface area contributed by atoms with E-state index < -0.39 is 0 Å². The molecule has 0 heterocycles. The van der Waals surface area contributed by atoms with Gasteiger partial charge in [0.15, 0.2) is 0 Å². The van der Waals surface area contributed by atoms with E-state index in [1.54, 1.807) is 0 Å². The van der Waals surface area contributed by atoms with E-state index in [1.165, 1.54) is 5.56 Å². The van der Waals surface area contributed by atoms with E-state index in [0.29, 0.717) is 5.92 Å². The molecule has 1 saturated carbocycles. The fourth-order valence-corrected chi connectivity index (χ4v) is 2.18. The molecule has 2 rings (SSSR count). The molecule has 0 atom stereocenters. The van der Waals surface area contributed by atoms with Crippen LogP contribution in [-0.2, 0) is 4.74 Å². The molecule has 1 aliphatic carbocycles. The number of hydrogen-bond acceptors (Lipinski definition) is 1. The van der Waals surface area contributed by atoms with Crippen molar-refractivity contribution in [2.45, 2.75) is 24.9 Å². The molecule has 1 aromatic rings. The zero-order valence-electron chi connectivity index (χ0n) is 8.46. The third-order valence-electron chi connectivity index (χ3n) is 2.87. The summed E-state index contributed by atoms with van der Waals surface area (Å²) in [4.78, 5) is 0. The predicted octanol–water partition coefficient (Wildman–Crippen LogP) is 3.68. The largest absolute Gasteiger partial charge is 0.375 e. The zero-order valence-corrected chi connectivity index (χ0v) is 10.0. The molecule has 0 amide bonds. The monoisotopic (exact) mass is 272 g/mol. The summed E-state index contributed by atoms with van der Waals surface area (Å²) in [6, 6.07) is 8.40. The van der Waals surface area contributed by atoms with Gasteiger partial charge in [-0.15, -0.1) is 0 Å². The fraction of sp³-hybridized carbons (Fsp3) is 0.500. The van der Waals surface area contributed by atoms with Crippen LogP contribution in [0.3, 0.4) is 0 Å². The van der Waals surface area contributed by atoms with Gasteiger partial charge in [0.05, 0.1) is 12.7 Å². The molecule has 1 aliphatic rings. The minimum atomic E-state index is -0.376. The molecule has 82 valence electrons. The van der Waals surface area contributed by atoms with Crippen LogP contribution < -0.4 is 0 Å². The number of benzene rings is 1. The molecular formula is C12H14BrFO. The van der Waals surface area contributed by atoms with E-state index in [1.807, 2.05) is 0 Å². The van der Waals surface area contributed by atoms with Crippen LogP contribution in [0, 0.1) is 0 Å². The van der Waals surface area contributed by atoms with Crippen molar-refractivity contribution in [2.75, 3.05) is 13.3 Å². The van der Waals surface area contributed by atoms with Crippen LogP contribution >= 0.6 is 15.9 Å². The Labute approximate surface area is 97.8 Å². The van der Waals surface area contributed by atoms with Gasteiger partial charge in [-0.3, -0.25) is 0 Å². The van der Waals surface area contributed by atoms with Gasteiger partial charge in [-0.25, -0.2) is 4.39 Å². The van der Waals surface area contributed by atoms with Gasteiger partial charge in [0.25, 0.3) is 0 Å². The highest BCUT2D eigenvalue weighted by atomic mass is 79.9. The highest BCUT2D eigenvalue weighted by molar-refractivity contribution is 9.10. The quantitative estimate of drug-likeness (QED) is 0.813. The molecule has 0 aliphatic heterocycles. The lowest BCUT2D eigenvalue weighted by Gasteiger charge is -2.35. The first-order valence-corrected chi connectivity index (χ1v) is 6.02. The lowest BCUT2D eigenvalue weighted by molar-refractivity contribution is -0.0153. The van der Waals surface area contributed by atoms with Crippen LogP contribution in [0.5, 0.6) is 0 Å². The van der Waals surface area contributed by atoms with E-state index in [4.69, 9.17) is 4.74 Å². The summed E-state index contributed by atoms with van der Waals surface area (Å²) in [6.07, 6.45) is 2.33. The number of ether oxygens (including phenoxy) is 1. The SMILES string of the molecule is FCCO[C@H]1C[C@H](c2ccc(Br)cc2)C1. The third kappa shape index (κ3) is 2.79. The molecular weight excluding hydrogens is 259 g/mol. The van der Waals surface area contributed by atoms with Crippen molar-refractivity contribution in [3.8, 4) is 0 Å². The van der Waals surface area contributed by atoms with Crippen LogP contribution in [0.4, 0.5) is 4.39 Å². The summed E-state index contributed by atoms with van der Waals surface area (Å²) in [5, 5.41) is 0. The van der Waals surface area contributed by atoms with Crippen molar-refractivity contribution in [3.05, 3.63) is 34.3 Å². The van der Waals surface area contributed by atoms with Gasteiger partial charge in [0.1, 0.15) is 6.67 Å². The van der Waals surface area contributed by atoms with E-state index in [2.05, 4.69) is 40.2 Å². The molecule has 0 unspecified atom stereocenters. The van der Waals surface area contributed by atoms with E-state index in [0.717, 1.165) is 17.3 Å². The molecule has 0 radical (unpaired) electrons. The van der Waals surface area contributed by atoms with Crippen LogP contribution in [0.15, 0.2) is 28.7 Å². The van der Waals surface area contributed by atoms with Crippen molar-refractivity contribution in [1.29, 1.82) is 0 Å². The van der Waals surface area contributed by atoms with Gasteiger partial charge in [-0.1, -0.05) is 28.1 Å². The first-order chi connectivity index (χ1) is 7.29. The van der Waals surface area contributed by atoms with Crippen molar-refractivity contribution >= 4 is 15.9 Å². The van der Waals surface area contributed by atoms with Gasteiger partial charge in [-0.2, -0.15) is 0 Å². The summed E-state index contributed by atoms with van der Waals surface area (Å²) in [6.45, 7) is -0.128. The summed E-state index contributed by atoms with van der Waals surface area (Å²) < 4.78 is 18.3. The van der Waals surface area contributed by atoms with E-state index >= 15 is 0 Å². The lowest BCUT2D eigenvalue weighted by atomic mass is 9.77. The molecule has 0 aromatic heterocycles. The van der Waals surface area contributed by atoms with E-state index in [-0.39, 0.29) is 19.4 Å². The summed E-state index contributed by atoms with van der Waals surface area (Å²) in [5.41, 5.74) is 1.36. The third-order valence-corrected chi connectivity index (χ3v) is 3.40. The maximum Gasteiger partial charge on any atom is 0.113 e. The zero-order chi connectivity index (χ0) is 10.7. The Morgan fingerprint density at radius 1 is 1.27 bits per heavy atom. The number of halogens is 2. The first-order valence-electron chi connectivity index (χ1n) is 5.22. The molecule has 3 heteroatoms. The maximum atomic E-state index is 11.8. The smallest absolute Gasteiger partial charge is 0.113 e. The first kappa shape index (κ1) is 11.1. The Bertz CT molecular complexity index is 306. The molecule has 0 N–H and O–H groups in total. The van der Waals surface area contributed by atoms with Gasteiger partial charge < -0.3 is 4.74 Å². The number of rotatable bonds is 4. The average Bonchev–Trinajstić information content (AvgIpc) is 2.18. The number of hydrogen-bond donors (Lipinski definition) is 0. The topological polar surface area (TPSA) is 9.23 Å². The molecule has 0 saturated heterocycles. The molecule has 1 fully saturated rings. The van der Waals surface area contributed by atoms with E-state index in [9.17, 15) is 4.39 Å². The Hall–Kier alpha value is -0.410. The van der Waals surface area contributed by atoms with Crippen LogP contribution in [0.2, 0.25) is 0 Å². The molecule has 0 bridgehead atoms. The Kier molecular flexibility index (Phi) is 3.76. The lowest BCUT2D eigenvalue weighted by Crippen LogP contribution is -2.30. The summed E-state index contributed by atoms with van der Waals surface area (Å²) >= 11 is 3.41. The predicted molar refractivity (Wildman–Crippen MR) is 61.8 cm³/mol. The molecule has 1 aromatic carbocycles. The molecule has 1 nitrogen and oxygen atoms in total.